The SMILES string of the molecule is CC1C(N)CCC(C(=O)Nc2ccc(Br)cc2F)C1(C)C. The monoisotopic (exact) mass is 356 g/mol. The van der Waals surface area contributed by atoms with Crippen LogP contribution in [0.1, 0.15) is 33.6 Å². The van der Waals surface area contributed by atoms with Crippen LogP contribution in [0.5, 0.6) is 0 Å². The van der Waals surface area contributed by atoms with E-state index in [4.69, 9.17) is 5.73 Å². The zero-order valence-electron chi connectivity index (χ0n) is 12.6. The third-order valence-electron chi connectivity index (χ3n) is 5.01. The highest BCUT2D eigenvalue weighted by molar-refractivity contribution is 9.10. The molecule has 0 spiro atoms. The molecular formula is C16H22BrFN2O. The fraction of sp³-hybridized carbons (Fsp3) is 0.562. The summed E-state index contributed by atoms with van der Waals surface area (Å²) in [6.45, 7) is 6.22. The molecule has 5 heteroatoms. The number of amides is 1. The molecule has 1 fully saturated rings. The topological polar surface area (TPSA) is 55.1 Å². The van der Waals surface area contributed by atoms with Crippen molar-refractivity contribution in [2.45, 2.75) is 39.7 Å². The minimum atomic E-state index is -0.434. The first-order chi connectivity index (χ1) is 9.73. The molecule has 3 atom stereocenters. The number of carbonyl (C=O) groups is 1. The Morgan fingerprint density at radius 1 is 1.43 bits per heavy atom. The van der Waals surface area contributed by atoms with Crippen molar-refractivity contribution in [1.82, 2.24) is 0 Å². The standard InChI is InChI=1S/C16H22BrFN2O/c1-9-13(19)6-5-11(16(9,2)3)15(21)20-14-7-4-10(17)8-12(14)18/h4,7-9,11,13H,5-6,19H2,1-3H3,(H,20,21). The maximum atomic E-state index is 13.8. The summed E-state index contributed by atoms with van der Waals surface area (Å²) in [6, 6.07) is 4.75. The average Bonchev–Trinajstić information content (AvgIpc) is 2.39. The van der Waals surface area contributed by atoms with Gasteiger partial charge in [-0.15, -0.1) is 0 Å². The summed E-state index contributed by atoms with van der Waals surface area (Å²) in [7, 11) is 0. The number of nitrogens with two attached hydrogens (primary N) is 1. The van der Waals surface area contributed by atoms with Gasteiger partial charge in [0.2, 0.25) is 5.91 Å². The van der Waals surface area contributed by atoms with Crippen LogP contribution in [0.15, 0.2) is 22.7 Å². The average molecular weight is 357 g/mol. The number of benzene rings is 1. The molecule has 1 amide bonds. The van der Waals surface area contributed by atoms with E-state index in [-0.39, 0.29) is 34.9 Å². The summed E-state index contributed by atoms with van der Waals surface area (Å²) in [5.74, 6) is -0.469. The van der Waals surface area contributed by atoms with Crippen molar-refractivity contribution in [3.05, 3.63) is 28.5 Å². The van der Waals surface area contributed by atoms with Crippen molar-refractivity contribution in [1.29, 1.82) is 0 Å². The van der Waals surface area contributed by atoms with Crippen molar-refractivity contribution in [2.24, 2.45) is 23.0 Å². The second kappa shape index (κ2) is 6.05. The Balaban J connectivity index is 2.16. The molecule has 3 nitrogen and oxygen atoms in total. The maximum absolute atomic E-state index is 13.8. The zero-order chi connectivity index (χ0) is 15.8. The van der Waals surface area contributed by atoms with Gasteiger partial charge in [-0.3, -0.25) is 4.79 Å². The number of anilines is 1. The summed E-state index contributed by atoms with van der Waals surface area (Å²) in [4.78, 5) is 12.5. The number of nitrogens with one attached hydrogen (secondary N) is 1. The summed E-state index contributed by atoms with van der Waals surface area (Å²) in [5, 5.41) is 2.72. The van der Waals surface area contributed by atoms with Crippen molar-refractivity contribution in [3.8, 4) is 0 Å². The van der Waals surface area contributed by atoms with Crippen LogP contribution in [0.3, 0.4) is 0 Å². The van der Waals surface area contributed by atoms with E-state index in [9.17, 15) is 9.18 Å². The second-order valence-corrected chi connectivity index (χ2v) is 7.43. The van der Waals surface area contributed by atoms with E-state index in [2.05, 4.69) is 42.0 Å². The molecule has 1 aromatic carbocycles. The van der Waals surface area contributed by atoms with Gasteiger partial charge in [-0.05, 0) is 42.4 Å². The van der Waals surface area contributed by atoms with Crippen molar-refractivity contribution < 1.29 is 9.18 Å². The third kappa shape index (κ3) is 3.29. The number of carbonyl (C=O) groups excluding carboxylic acids is 1. The smallest absolute Gasteiger partial charge is 0.228 e. The number of halogens is 2. The van der Waals surface area contributed by atoms with Gasteiger partial charge in [0.05, 0.1) is 5.69 Å². The minimum Gasteiger partial charge on any atom is -0.327 e. The lowest BCUT2D eigenvalue weighted by atomic mass is 9.61. The maximum Gasteiger partial charge on any atom is 0.228 e. The van der Waals surface area contributed by atoms with E-state index in [0.29, 0.717) is 4.47 Å². The van der Waals surface area contributed by atoms with Gasteiger partial charge in [0, 0.05) is 16.4 Å². The molecule has 3 N–H and O–H groups in total. The summed E-state index contributed by atoms with van der Waals surface area (Å²) in [6.07, 6.45) is 1.56. The quantitative estimate of drug-likeness (QED) is 0.843. The molecule has 0 aromatic heterocycles. The van der Waals surface area contributed by atoms with Crippen LogP contribution in [-0.4, -0.2) is 11.9 Å². The molecule has 3 unspecified atom stereocenters. The van der Waals surface area contributed by atoms with Gasteiger partial charge in [-0.2, -0.15) is 0 Å². The van der Waals surface area contributed by atoms with Crippen molar-refractivity contribution in [2.75, 3.05) is 5.32 Å². The molecule has 1 saturated carbocycles. The number of hydrogen-bond acceptors (Lipinski definition) is 2. The molecule has 0 saturated heterocycles. The Labute approximate surface area is 133 Å². The molecule has 1 aliphatic rings. The van der Waals surface area contributed by atoms with Crippen LogP contribution in [-0.2, 0) is 4.79 Å². The first-order valence-electron chi connectivity index (χ1n) is 7.25. The summed E-state index contributed by atoms with van der Waals surface area (Å²) in [5.41, 5.74) is 6.14. The predicted octanol–water partition coefficient (Wildman–Crippen LogP) is 3.93. The number of hydrogen-bond donors (Lipinski definition) is 2. The highest BCUT2D eigenvalue weighted by Gasteiger charge is 2.45. The molecule has 1 aliphatic carbocycles. The van der Waals surface area contributed by atoms with E-state index >= 15 is 0 Å². The molecule has 0 radical (unpaired) electrons. The highest BCUT2D eigenvalue weighted by atomic mass is 79.9. The molecule has 21 heavy (non-hydrogen) atoms. The molecule has 2 rings (SSSR count). The second-order valence-electron chi connectivity index (χ2n) is 6.52. The van der Waals surface area contributed by atoms with Crippen molar-refractivity contribution >= 4 is 27.5 Å². The van der Waals surface area contributed by atoms with E-state index in [1.54, 1.807) is 12.1 Å². The Kier molecular flexibility index (Phi) is 4.73. The first-order valence-corrected chi connectivity index (χ1v) is 8.04. The molecule has 0 bridgehead atoms. The molecular weight excluding hydrogens is 335 g/mol. The highest BCUT2D eigenvalue weighted by Crippen LogP contribution is 2.44. The van der Waals surface area contributed by atoms with Crippen LogP contribution >= 0.6 is 15.9 Å². The summed E-state index contributed by atoms with van der Waals surface area (Å²) >= 11 is 3.21. The lowest BCUT2D eigenvalue weighted by Crippen LogP contribution is -2.50. The van der Waals surface area contributed by atoms with Gasteiger partial charge in [-0.25, -0.2) is 4.39 Å². The van der Waals surface area contributed by atoms with Gasteiger partial charge in [0.15, 0.2) is 0 Å². The summed E-state index contributed by atoms with van der Waals surface area (Å²) < 4.78 is 14.5. The lowest BCUT2D eigenvalue weighted by Gasteiger charge is -2.46. The van der Waals surface area contributed by atoms with Gasteiger partial charge >= 0.3 is 0 Å². The Hall–Kier alpha value is -0.940. The van der Waals surface area contributed by atoms with E-state index in [1.807, 2.05) is 0 Å². The fourth-order valence-corrected chi connectivity index (χ4v) is 3.46. The lowest BCUT2D eigenvalue weighted by molar-refractivity contribution is -0.127. The third-order valence-corrected chi connectivity index (χ3v) is 5.50. The van der Waals surface area contributed by atoms with Gasteiger partial charge in [0.25, 0.3) is 0 Å². The molecule has 116 valence electrons. The van der Waals surface area contributed by atoms with Crippen LogP contribution in [0.25, 0.3) is 0 Å². The minimum absolute atomic E-state index is 0.119. The van der Waals surface area contributed by atoms with E-state index < -0.39 is 5.82 Å². The predicted molar refractivity (Wildman–Crippen MR) is 86.4 cm³/mol. The Bertz CT molecular complexity index is 547. The van der Waals surface area contributed by atoms with Crippen molar-refractivity contribution in [3.63, 3.8) is 0 Å². The van der Waals surface area contributed by atoms with Crippen LogP contribution in [0.2, 0.25) is 0 Å². The fourth-order valence-electron chi connectivity index (χ4n) is 3.13. The molecule has 0 heterocycles. The normalized spacial score (nSPS) is 28.2. The first kappa shape index (κ1) is 16.4. The zero-order valence-corrected chi connectivity index (χ0v) is 14.2. The van der Waals surface area contributed by atoms with Crippen LogP contribution < -0.4 is 11.1 Å². The van der Waals surface area contributed by atoms with Crippen LogP contribution in [0.4, 0.5) is 10.1 Å². The molecule has 1 aromatic rings. The van der Waals surface area contributed by atoms with Gasteiger partial charge in [0.1, 0.15) is 5.82 Å². The largest absolute Gasteiger partial charge is 0.327 e. The van der Waals surface area contributed by atoms with E-state index in [1.165, 1.54) is 6.07 Å². The molecule has 0 aliphatic heterocycles. The van der Waals surface area contributed by atoms with Gasteiger partial charge in [-0.1, -0.05) is 36.7 Å². The van der Waals surface area contributed by atoms with Gasteiger partial charge < -0.3 is 11.1 Å². The number of rotatable bonds is 2. The van der Waals surface area contributed by atoms with E-state index in [0.717, 1.165) is 12.8 Å². The van der Waals surface area contributed by atoms with Crippen LogP contribution in [0, 0.1) is 23.1 Å². The Morgan fingerprint density at radius 2 is 2.10 bits per heavy atom. The Morgan fingerprint density at radius 3 is 2.71 bits per heavy atom.